The van der Waals surface area contributed by atoms with Gasteiger partial charge in [-0.25, -0.2) is 13.4 Å². The Labute approximate surface area is 157 Å². The molecule has 3 rings (SSSR count). The van der Waals surface area contributed by atoms with Gasteiger partial charge in [-0.05, 0) is 12.8 Å². The van der Waals surface area contributed by atoms with E-state index in [1.807, 2.05) is 0 Å². The van der Waals surface area contributed by atoms with Crippen molar-refractivity contribution in [1.29, 1.82) is 0 Å². The van der Waals surface area contributed by atoms with E-state index < -0.39 is 21.7 Å². The molecule has 0 atom stereocenters. The summed E-state index contributed by atoms with van der Waals surface area (Å²) >= 11 is 0. The number of halogens is 3. The molecule has 1 aromatic heterocycles. The van der Waals surface area contributed by atoms with E-state index in [4.69, 9.17) is 0 Å². The van der Waals surface area contributed by atoms with Crippen LogP contribution in [0.2, 0.25) is 0 Å². The summed E-state index contributed by atoms with van der Waals surface area (Å²) in [6.45, 7) is 2.14. The van der Waals surface area contributed by atoms with Crippen molar-refractivity contribution in [2.45, 2.75) is 25.1 Å². The third-order valence-electron chi connectivity index (χ3n) is 5.09. The summed E-state index contributed by atoms with van der Waals surface area (Å²) in [6.07, 6.45) is -3.03. The van der Waals surface area contributed by atoms with Crippen molar-refractivity contribution < 1.29 is 21.6 Å². The number of aromatic nitrogens is 2. The van der Waals surface area contributed by atoms with Crippen LogP contribution in [-0.4, -0.2) is 81.1 Å². The molecule has 2 aliphatic rings. The molecule has 0 bridgehead atoms. The molecule has 7 nitrogen and oxygen atoms in total. The van der Waals surface area contributed by atoms with Gasteiger partial charge in [0.05, 0.1) is 11.5 Å². The van der Waals surface area contributed by atoms with Crippen LogP contribution in [-0.2, 0) is 16.0 Å². The standard InChI is InChI=1S/C16H24F3N5O2S/c1-22(2)14-11-13(16(17,18)19)20-15(21-14)24-5-3-12(4-6-24)23-7-9-27(25,26)10-8-23/h11-12H,3-10H2,1-2H3. The number of rotatable bonds is 3. The average Bonchev–Trinajstić information content (AvgIpc) is 2.61. The molecule has 152 valence electrons. The largest absolute Gasteiger partial charge is 0.433 e. The van der Waals surface area contributed by atoms with Crippen LogP contribution in [0.15, 0.2) is 6.07 Å². The molecule has 2 aliphatic heterocycles. The lowest BCUT2D eigenvalue weighted by molar-refractivity contribution is -0.141. The van der Waals surface area contributed by atoms with Crippen LogP contribution in [0.25, 0.3) is 0 Å². The first-order valence-electron chi connectivity index (χ1n) is 8.88. The van der Waals surface area contributed by atoms with Crippen molar-refractivity contribution in [3.05, 3.63) is 11.8 Å². The molecule has 1 aromatic rings. The fraction of sp³-hybridized carbons (Fsp3) is 0.750. The van der Waals surface area contributed by atoms with Crippen LogP contribution >= 0.6 is 0 Å². The lowest BCUT2D eigenvalue weighted by Crippen LogP contribution is -2.50. The van der Waals surface area contributed by atoms with E-state index in [0.29, 0.717) is 26.2 Å². The highest BCUT2D eigenvalue weighted by atomic mass is 32.2. The Balaban J connectivity index is 1.69. The predicted octanol–water partition coefficient (Wildman–Crippen LogP) is 1.26. The lowest BCUT2D eigenvalue weighted by atomic mass is 10.0. The van der Waals surface area contributed by atoms with E-state index in [1.54, 1.807) is 19.0 Å². The molecule has 0 spiro atoms. The second-order valence-corrected chi connectivity index (χ2v) is 9.51. The molecule has 0 N–H and O–H groups in total. The van der Waals surface area contributed by atoms with Gasteiger partial charge < -0.3 is 9.80 Å². The number of hydrogen-bond donors (Lipinski definition) is 0. The fourth-order valence-corrected chi connectivity index (χ4v) is 4.69. The Morgan fingerprint density at radius 3 is 2.19 bits per heavy atom. The van der Waals surface area contributed by atoms with Crippen molar-refractivity contribution >= 4 is 21.6 Å². The van der Waals surface area contributed by atoms with Crippen LogP contribution in [0.3, 0.4) is 0 Å². The molecular weight excluding hydrogens is 383 g/mol. The molecule has 0 amide bonds. The Bertz CT molecular complexity index is 763. The zero-order valence-electron chi connectivity index (χ0n) is 15.4. The van der Waals surface area contributed by atoms with Gasteiger partial charge in [0.2, 0.25) is 5.95 Å². The van der Waals surface area contributed by atoms with Gasteiger partial charge in [0.1, 0.15) is 5.82 Å². The minimum Gasteiger partial charge on any atom is -0.363 e. The van der Waals surface area contributed by atoms with Crippen LogP contribution in [0.1, 0.15) is 18.5 Å². The smallest absolute Gasteiger partial charge is 0.363 e. The van der Waals surface area contributed by atoms with E-state index in [0.717, 1.165) is 18.9 Å². The highest BCUT2D eigenvalue weighted by Crippen LogP contribution is 2.31. The van der Waals surface area contributed by atoms with Crippen molar-refractivity contribution in [3.63, 3.8) is 0 Å². The van der Waals surface area contributed by atoms with Crippen molar-refractivity contribution in [3.8, 4) is 0 Å². The quantitative estimate of drug-likeness (QED) is 0.747. The van der Waals surface area contributed by atoms with Gasteiger partial charge in [0, 0.05) is 52.4 Å². The van der Waals surface area contributed by atoms with E-state index in [9.17, 15) is 21.6 Å². The highest BCUT2D eigenvalue weighted by Gasteiger charge is 2.35. The molecule has 11 heteroatoms. The molecule has 27 heavy (non-hydrogen) atoms. The van der Waals surface area contributed by atoms with E-state index >= 15 is 0 Å². The Morgan fingerprint density at radius 2 is 1.67 bits per heavy atom. The minimum atomic E-state index is -4.53. The van der Waals surface area contributed by atoms with Gasteiger partial charge in [-0.15, -0.1) is 0 Å². The summed E-state index contributed by atoms with van der Waals surface area (Å²) in [7, 11) is 0.360. The average molecular weight is 407 g/mol. The summed E-state index contributed by atoms with van der Waals surface area (Å²) in [4.78, 5) is 13.5. The topological polar surface area (TPSA) is 69.6 Å². The van der Waals surface area contributed by atoms with E-state index in [2.05, 4.69) is 14.9 Å². The van der Waals surface area contributed by atoms with Crippen LogP contribution in [0.4, 0.5) is 24.9 Å². The zero-order valence-corrected chi connectivity index (χ0v) is 16.2. The summed E-state index contributed by atoms with van der Waals surface area (Å²) in [5, 5.41) is 0. The van der Waals surface area contributed by atoms with Crippen molar-refractivity contribution in [1.82, 2.24) is 14.9 Å². The van der Waals surface area contributed by atoms with Gasteiger partial charge in [0.15, 0.2) is 15.5 Å². The minimum absolute atomic E-state index is 0.0909. The second kappa shape index (κ2) is 7.42. The molecule has 0 saturated carbocycles. The van der Waals surface area contributed by atoms with Crippen LogP contribution in [0, 0.1) is 0 Å². The second-order valence-electron chi connectivity index (χ2n) is 7.21. The first-order chi connectivity index (χ1) is 12.5. The van der Waals surface area contributed by atoms with Gasteiger partial charge in [-0.2, -0.15) is 18.2 Å². The monoisotopic (exact) mass is 407 g/mol. The Morgan fingerprint density at radius 1 is 1.07 bits per heavy atom. The molecular formula is C16H24F3N5O2S. The molecule has 2 saturated heterocycles. The van der Waals surface area contributed by atoms with Gasteiger partial charge >= 0.3 is 6.18 Å². The van der Waals surface area contributed by atoms with Gasteiger partial charge in [-0.3, -0.25) is 4.90 Å². The zero-order chi connectivity index (χ0) is 19.8. The van der Waals surface area contributed by atoms with Crippen LogP contribution < -0.4 is 9.80 Å². The Hall–Kier alpha value is -1.62. The number of hydrogen-bond acceptors (Lipinski definition) is 7. The maximum Gasteiger partial charge on any atom is 0.433 e. The normalized spacial score (nSPS) is 22.0. The maximum atomic E-state index is 13.2. The van der Waals surface area contributed by atoms with E-state index in [-0.39, 0.29) is 29.3 Å². The third kappa shape index (κ3) is 4.81. The molecule has 0 aliphatic carbocycles. The third-order valence-corrected chi connectivity index (χ3v) is 6.70. The van der Waals surface area contributed by atoms with Gasteiger partial charge in [0.25, 0.3) is 0 Å². The lowest BCUT2D eigenvalue weighted by Gasteiger charge is -2.40. The van der Waals surface area contributed by atoms with Gasteiger partial charge in [-0.1, -0.05) is 0 Å². The van der Waals surface area contributed by atoms with E-state index in [1.165, 1.54) is 4.90 Å². The fourth-order valence-electron chi connectivity index (χ4n) is 3.46. The highest BCUT2D eigenvalue weighted by molar-refractivity contribution is 7.91. The molecule has 3 heterocycles. The summed E-state index contributed by atoms with van der Waals surface area (Å²) in [5.74, 6) is 0.663. The number of alkyl halides is 3. The van der Waals surface area contributed by atoms with Crippen LogP contribution in [0.5, 0.6) is 0 Å². The number of anilines is 2. The SMILES string of the molecule is CN(C)c1cc(C(F)(F)F)nc(N2CCC(N3CCS(=O)(=O)CC3)CC2)n1. The summed E-state index contributed by atoms with van der Waals surface area (Å²) < 4.78 is 62.6. The number of sulfone groups is 1. The summed E-state index contributed by atoms with van der Waals surface area (Å²) in [5.41, 5.74) is -0.945. The van der Waals surface area contributed by atoms with Crippen molar-refractivity contribution in [2.24, 2.45) is 0 Å². The summed E-state index contributed by atoms with van der Waals surface area (Å²) in [6, 6.07) is 1.20. The first-order valence-corrected chi connectivity index (χ1v) is 10.7. The molecule has 0 unspecified atom stereocenters. The number of nitrogens with zero attached hydrogens (tertiary/aromatic N) is 5. The molecule has 2 fully saturated rings. The Kier molecular flexibility index (Phi) is 5.53. The predicted molar refractivity (Wildman–Crippen MR) is 96.8 cm³/mol. The number of piperidine rings is 1. The molecule has 0 aromatic carbocycles. The molecule has 0 radical (unpaired) electrons. The maximum absolute atomic E-state index is 13.2. The first kappa shape index (κ1) is 20.1. The van der Waals surface area contributed by atoms with Crippen molar-refractivity contribution in [2.75, 3.05) is 61.6 Å².